The Balaban J connectivity index is 2.54. The second-order valence-electron chi connectivity index (χ2n) is 6.96. The molecule has 0 saturated carbocycles. The fourth-order valence-corrected chi connectivity index (χ4v) is 2.28. The van der Waals surface area contributed by atoms with Gasteiger partial charge in [-0.25, -0.2) is 0 Å². The number of rotatable bonds is 7. The lowest BCUT2D eigenvalue weighted by Gasteiger charge is -2.25. The summed E-state index contributed by atoms with van der Waals surface area (Å²) in [5.74, 6) is 0.927. The van der Waals surface area contributed by atoms with Gasteiger partial charge in [0.2, 0.25) is 0 Å². The van der Waals surface area contributed by atoms with E-state index in [0.29, 0.717) is 26.0 Å². The lowest BCUT2D eigenvalue weighted by atomic mass is 9.86. The first-order chi connectivity index (χ1) is 9.72. The van der Waals surface area contributed by atoms with Gasteiger partial charge in [0.15, 0.2) is 0 Å². The Morgan fingerprint density at radius 2 is 1.90 bits per heavy atom. The SMILES string of the molecule is CCC(O)(CN)CCCOc1ccc(C(C)(C)C)cc1C. The normalized spacial score (nSPS) is 14.8. The Morgan fingerprint density at radius 1 is 1.24 bits per heavy atom. The van der Waals surface area contributed by atoms with Crippen LogP contribution in [0, 0.1) is 6.92 Å². The number of ether oxygens (including phenoxy) is 1. The molecule has 0 spiro atoms. The Hall–Kier alpha value is -1.06. The standard InChI is InChI=1S/C18H31NO2/c1-6-18(20,13-19)10-7-11-21-16-9-8-15(12-14(16)2)17(3,4)5/h8-9,12,20H,6-7,10-11,13,19H2,1-5H3. The molecule has 0 bridgehead atoms. The zero-order chi connectivity index (χ0) is 16.1. The molecule has 1 rings (SSSR count). The molecule has 0 aromatic heterocycles. The summed E-state index contributed by atoms with van der Waals surface area (Å²) in [5.41, 5.74) is 7.49. The molecule has 3 N–H and O–H groups in total. The van der Waals surface area contributed by atoms with Crippen molar-refractivity contribution in [2.45, 2.75) is 64.9 Å². The fourth-order valence-electron chi connectivity index (χ4n) is 2.28. The zero-order valence-electron chi connectivity index (χ0n) is 14.2. The van der Waals surface area contributed by atoms with Gasteiger partial charge in [0.25, 0.3) is 0 Å². The predicted octanol–water partition coefficient (Wildman–Crippen LogP) is 3.55. The van der Waals surface area contributed by atoms with Gasteiger partial charge in [0.05, 0.1) is 12.2 Å². The van der Waals surface area contributed by atoms with E-state index in [1.54, 1.807) is 0 Å². The summed E-state index contributed by atoms with van der Waals surface area (Å²) in [6.07, 6.45) is 2.17. The predicted molar refractivity (Wildman–Crippen MR) is 88.9 cm³/mol. The van der Waals surface area contributed by atoms with E-state index in [-0.39, 0.29) is 5.41 Å². The van der Waals surface area contributed by atoms with Gasteiger partial charge in [-0.3, -0.25) is 0 Å². The number of benzene rings is 1. The van der Waals surface area contributed by atoms with Crippen LogP contribution in [0.2, 0.25) is 0 Å². The van der Waals surface area contributed by atoms with Crippen LogP contribution in [0.15, 0.2) is 18.2 Å². The van der Waals surface area contributed by atoms with Crippen LogP contribution in [0.5, 0.6) is 5.75 Å². The van der Waals surface area contributed by atoms with Crippen molar-refractivity contribution in [3.63, 3.8) is 0 Å². The molecule has 0 radical (unpaired) electrons. The van der Waals surface area contributed by atoms with Gasteiger partial charge in [-0.15, -0.1) is 0 Å². The summed E-state index contributed by atoms with van der Waals surface area (Å²) in [5, 5.41) is 10.1. The summed E-state index contributed by atoms with van der Waals surface area (Å²) >= 11 is 0. The largest absolute Gasteiger partial charge is 0.493 e. The second-order valence-corrected chi connectivity index (χ2v) is 6.96. The molecule has 0 aliphatic carbocycles. The molecule has 1 aromatic carbocycles. The summed E-state index contributed by atoms with van der Waals surface area (Å²) in [6.45, 7) is 11.6. The number of hydrogen-bond acceptors (Lipinski definition) is 3. The topological polar surface area (TPSA) is 55.5 Å². The minimum atomic E-state index is -0.742. The van der Waals surface area contributed by atoms with Crippen molar-refractivity contribution in [2.24, 2.45) is 5.73 Å². The summed E-state index contributed by atoms with van der Waals surface area (Å²) in [7, 11) is 0. The third-order valence-electron chi connectivity index (χ3n) is 4.12. The molecular formula is C18H31NO2. The van der Waals surface area contributed by atoms with Crippen LogP contribution >= 0.6 is 0 Å². The highest BCUT2D eigenvalue weighted by Gasteiger charge is 2.21. The van der Waals surface area contributed by atoms with Gasteiger partial charge in [-0.05, 0) is 48.8 Å². The highest BCUT2D eigenvalue weighted by molar-refractivity contribution is 5.38. The Bertz CT molecular complexity index is 445. The number of aliphatic hydroxyl groups is 1. The average molecular weight is 293 g/mol. The summed E-state index contributed by atoms with van der Waals surface area (Å²) in [4.78, 5) is 0. The molecule has 0 heterocycles. The molecule has 0 aliphatic rings. The van der Waals surface area contributed by atoms with Crippen molar-refractivity contribution in [1.82, 2.24) is 0 Å². The van der Waals surface area contributed by atoms with E-state index in [1.807, 2.05) is 13.0 Å². The van der Waals surface area contributed by atoms with Crippen molar-refractivity contribution in [3.8, 4) is 5.75 Å². The Morgan fingerprint density at radius 3 is 2.38 bits per heavy atom. The third-order valence-corrected chi connectivity index (χ3v) is 4.12. The van der Waals surface area contributed by atoms with Gasteiger partial charge in [-0.1, -0.05) is 39.8 Å². The molecule has 0 amide bonds. The molecule has 1 unspecified atom stereocenters. The van der Waals surface area contributed by atoms with Gasteiger partial charge in [0, 0.05) is 6.54 Å². The van der Waals surface area contributed by atoms with Crippen LogP contribution in [0.4, 0.5) is 0 Å². The molecule has 120 valence electrons. The van der Waals surface area contributed by atoms with E-state index in [9.17, 15) is 5.11 Å². The van der Waals surface area contributed by atoms with Gasteiger partial charge in [-0.2, -0.15) is 0 Å². The van der Waals surface area contributed by atoms with Crippen molar-refractivity contribution in [2.75, 3.05) is 13.2 Å². The lowest BCUT2D eigenvalue weighted by molar-refractivity contribution is 0.0308. The van der Waals surface area contributed by atoms with Gasteiger partial charge >= 0.3 is 0 Å². The highest BCUT2D eigenvalue weighted by Crippen LogP contribution is 2.27. The first kappa shape index (κ1) is 18.0. The first-order valence-corrected chi connectivity index (χ1v) is 7.88. The maximum atomic E-state index is 10.1. The first-order valence-electron chi connectivity index (χ1n) is 7.88. The van der Waals surface area contributed by atoms with Crippen molar-refractivity contribution >= 4 is 0 Å². The summed E-state index contributed by atoms with van der Waals surface area (Å²) in [6, 6.07) is 6.37. The third kappa shape index (κ3) is 5.33. The minimum absolute atomic E-state index is 0.155. The highest BCUT2D eigenvalue weighted by atomic mass is 16.5. The fraction of sp³-hybridized carbons (Fsp3) is 0.667. The van der Waals surface area contributed by atoms with Crippen LogP contribution in [0.25, 0.3) is 0 Å². The maximum absolute atomic E-state index is 10.1. The lowest BCUT2D eigenvalue weighted by Crippen LogP contribution is -2.37. The second kappa shape index (κ2) is 7.28. The van der Waals surface area contributed by atoms with Crippen molar-refractivity contribution < 1.29 is 9.84 Å². The van der Waals surface area contributed by atoms with E-state index in [0.717, 1.165) is 17.7 Å². The van der Waals surface area contributed by atoms with E-state index >= 15 is 0 Å². The molecule has 21 heavy (non-hydrogen) atoms. The van der Waals surface area contributed by atoms with E-state index < -0.39 is 5.60 Å². The molecule has 1 atom stereocenters. The molecule has 3 heteroatoms. The molecule has 0 saturated heterocycles. The number of aryl methyl sites for hydroxylation is 1. The van der Waals surface area contributed by atoms with Crippen LogP contribution in [-0.2, 0) is 5.41 Å². The maximum Gasteiger partial charge on any atom is 0.122 e. The Labute approximate surface area is 129 Å². The molecular weight excluding hydrogens is 262 g/mol. The van der Waals surface area contributed by atoms with Crippen LogP contribution < -0.4 is 10.5 Å². The summed E-state index contributed by atoms with van der Waals surface area (Å²) < 4.78 is 5.84. The molecule has 0 aliphatic heterocycles. The quantitative estimate of drug-likeness (QED) is 0.756. The zero-order valence-corrected chi connectivity index (χ0v) is 14.2. The van der Waals surface area contributed by atoms with E-state index in [1.165, 1.54) is 5.56 Å². The van der Waals surface area contributed by atoms with Crippen LogP contribution in [0.1, 0.15) is 58.1 Å². The van der Waals surface area contributed by atoms with Crippen LogP contribution in [-0.4, -0.2) is 23.9 Å². The van der Waals surface area contributed by atoms with Crippen molar-refractivity contribution in [3.05, 3.63) is 29.3 Å². The van der Waals surface area contributed by atoms with E-state index in [4.69, 9.17) is 10.5 Å². The average Bonchev–Trinajstić information content (AvgIpc) is 2.43. The van der Waals surface area contributed by atoms with E-state index in [2.05, 4.69) is 39.8 Å². The molecule has 1 aromatic rings. The smallest absolute Gasteiger partial charge is 0.122 e. The molecule has 3 nitrogen and oxygen atoms in total. The van der Waals surface area contributed by atoms with Crippen LogP contribution in [0.3, 0.4) is 0 Å². The van der Waals surface area contributed by atoms with Crippen molar-refractivity contribution in [1.29, 1.82) is 0 Å². The van der Waals surface area contributed by atoms with Gasteiger partial charge < -0.3 is 15.6 Å². The molecule has 0 fully saturated rings. The minimum Gasteiger partial charge on any atom is -0.493 e. The number of nitrogens with two attached hydrogens (primary N) is 1. The van der Waals surface area contributed by atoms with Gasteiger partial charge in [0.1, 0.15) is 5.75 Å². The monoisotopic (exact) mass is 293 g/mol. The number of hydrogen-bond donors (Lipinski definition) is 2. The Kier molecular flexibility index (Phi) is 6.24.